The molecule has 0 spiro atoms. The Morgan fingerprint density at radius 3 is 2.80 bits per heavy atom. The van der Waals surface area contributed by atoms with Crippen molar-refractivity contribution in [3.63, 3.8) is 0 Å². The lowest BCUT2D eigenvalue weighted by atomic mass is 9.98. The maximum Gasteiger partial charge on any atom is 0.272 e. The quantitative estimate of drug-likeness (QED) is 0.585. The molecule has 2 fully saturated rings. The Morgan fingerprint density at radius 2 is 2.13 bits per heavy atom. The van der Waals surface area contributed by atoms with Gasteiger partial charge in [0.1, 0.15) is 24.9 Å². The highest BCUT2D eigenvalue weighted by Gasteiger charge is 2.48. The van der Waals surface area contributed by atoms with E-state index in [1.54, 1.807) is 0 Å². The predicted molar refractivity (Wildman–Crippen MR) is 47.6 cm³/mol. The lowest BCUT2D eigenvalue weighted by Gasteiger charge is -2.44. The zero-order valence-corrected chi connectivity index (χ0v) is 8.33. The summed E-state index contributed by atoms with van der Waals surface area (Å²) in [5.41, 5.74) is 0. The molecule has 0 radical (unpaired) electrons. The third-order valence-corrected chi connectivity index (χ3v) is 2.55. The highest BCUT2D eigenvalue weighted by atomic mass is 16.7. The number of aliphatic hydroxyl groups excluding tert-OH is 2. The van der Waals surface area contributed by atoms with Gasteiger partial charge in [-0.05, 0) is 6.58 Å². The SMILES string of the molecule is C=C1OCC2O[C@H](OC)C(O)C(O)[C@@H]2O1. The molecule has 0 amide bonds. The molecule has 2 saturated heterocycles. The average Bonchev–Trinajstić information content (AvgIpc) is 2.24. The molecule has 0 aromatic heterocycles. The topological polar surface area (TPSA) is 77.4 Å². The molecule has 2 aliphatic rings. The van der Waals surface area contributed by atoms with Crippen LogP contribution in [0.3, 0.4) is 0 Å². The van der Waals surface area contributed by atoms with E-state index in [2.05, 4.69) is 6.58 Å². The van der Waals surface area contributed by atoms with E-state index in [4.69, 9.17) is 18.9 Å². The van der Waals surface area contributed by atoms with Crippen molar-refractivity contribution < 1.29 is 29.2 Å². The summed E-state index contributed by atoms with van der Waals surface area (Å²) in [7, 11) is 1.39. The zero-order chi connectivity index (χ0) is 11.0. The van der Waals surface area contributed by atoms with Gasteiger partial charge in [-0.3, -0.25) is 0 Å². The van der Waals surface area contributed by atoms with Gasteiger partial charge in [0, 0.05) is 7.11 Å². The van der Waals surface area contributed by atoms with Crippen molar-refractivity contribution in [2.45, 2.75) is 30.7 Å². The molecule has 2 heterocycles. The third kappa shape index (κ3) is 1.81. The molecular weight excluding hydrogens is 204 g/mol. The predicted octanol–water partition coefficient (Wildman–Crippen LogP) is -1.03. The summed E-state index contributed by atoms with van der Waals surface area (Å²) in [5.74, 6) is 0.127. The molecule has 2 N–H and O–H groups in total. The van der Waals surface area contributed by atoms with E-state index < -0.39 is 30.7 Å². The van der Waals surface area contributed by atoms with Gasteiger partial charge < -0.3 is 29.2 Å². The van der Waals surface area contributed by atoms with Gasteiger partial charge >= 0.3 is 0 Å². The molecule has 15 heavy (non-hydrogen) atoms. The van der Waals surface area contributed by atoms with Crippen LogP contribution < -0.4 is 0 Å². The molecular formula is C9H14O6. The lowest BCUT2D eigenvalue weighted by Crippen LogP contribution is -2.61. The van der Waals surface area contributed by atoms with E-state index in [1.165, 1.54) is 7.11 Å². The maximum absolute atomic E-state index is 9.76. The molecule has 86 valence electrons. The molecule has 0 aromatic rings. The normalized spacial score (nSPS) is 45.3. The molecule has 5 atom stereocenters. The Morgan fingerprint density at radius 1 is 1.40 bits per heavy atom. The van der Waals surface area contributed by atoms with Crippen LogP contribution in [0.4, 0.5) is 0 Å². The lowest BCUT2D eigenvalue weighted by molar-refractivity contribution is -0.318. The van der Waals surface area contributed by atoms with Crippen molar-refractivity contribution >= 4 is 0 Å². The van der Waals surface area contributed by atoms with E-state index in [0.717, 1.165) is 0 Å². The van der Waals surface area contributed by atoms with Gasteiger partial charge in [0.25, 0.3) is 5.95 Å². The molecule has 0 saturated carbocycles. The summed E-state index contributed by atoms with van der Waals surface area (Å²) in [6.45, 7) is 3.71. The van der Waals surface area contributed by atoms with E-state index in [0.29, 0.717) is 0 Å². The minimum atomic E-state index is -1.14. The van der Waals surface area contributed by atoms with Crippen molar-refractivity contribution in [3.8, 4) is 0 Å². The molecule has 6 nitrogen and oxygen atoms in total. The second kappa shape index (κ2) is 3.97. The van der Waals surface area contributed by atoms with Crippen molar-refractivity contribution in [1.29, 1.82) is 0 Å². The van der Waals surface area contributed by atoms with Crippen LogP contribution in [0, 0.1) is 0 Å². The first-order valence-corrected chi connectivity index (χ1v) is 4.66. The van der Waals surface area contributed by atoms with Gasteiger partial charge in [0.05, 0.1) is 0 Å². The van der Waals surface area contributed by atoms with E-state index in [-0.39, 0.29) is 12.6 Å². The van der Waals surface area contributed by atoms with Crippen LogP contribution in [-0.2, 0) is 18.9 Å². The Labute approximate surface area is 87.0 Å². The van der Waals surface area contributed by atoms with Gasteiger partial charge in [-0.1, -0.05) is 0 Å². The van der Waals surface area contributed by atoms with Crippen LogP contribution in [0.15, 0.2) is 12.5 Å². The second-order valence-corrected chi connectivity index (χ2v) is 3.53. The molecule has 0 bridgehead atoms. The highest BCUT2D eigenvalue weighted by Crippen LogP contribution is 2.29. The first-order chi connectivity index (χ1) is 7.13. The molecule has 6 heteroatoms. The van der Waals surface area contributed by atoms with Crippen LogP contribution in [0.2, 0.25) is 0 Å². The van der Waals surface area contributed by atoms with Crippen LogP contribution in [-0.4, -0.2) is 54.6 Å². The zero-order valence-electron chi connectivity index (χ0n) is 8.33. The monoisotopic (exact) mass is 218 g/mol. The van der Waals surface area contributed by atoms with Gasteiger partial charge in [-0.25, -0.2) is 0 Å². The first kappa shape index (κ1) is 10.7. The minimum absolute atomic E-state index is 0.127. The van der Waals surface area contributed by atoms with E-state index >= 15 is 0 Å². The standard InChI is InChI=1S/C9H14O6/c1-4-13-3-5-8(14-4)6(10)7(11)9(12-2)15-5/h5-11H,1,3H2,2H3/t5?,6?,7?,8-,9+/m1/s1. The summed E-state index contributed by atoms with van der Waals surface area (Å²) in [4.78, 5) is 0. The largest absolute Gasteiger partial charge is 0.463 e. The smallest absolute Gasteiger partial charge is 0.272 e. The maximum atomic E-state index is 9.76. The summed E-state index contributed by atoms with van der Waals surface area (Å²) >= 11 is 0. The fourth-order valence-corrected chi connectivity index (χ4v) is 1.74. The summed E-state index contributed by atoms with van der Waals surface area (Å²) in [6.07, 6.45) is -4.19. The molecule has 0 aliphatic carbocycles. The fourth-order valence-electron chi connectivity index (χ4n) is 1.74. The van der Waals surface area contributed by atoms with Crippen LogP contribution in [0.5, 0.6) is 0 Å². The molecule has 2 rings (SSSR count). The van der Waals surface area contributed by atoms with Gasteiger partial charge in [-0.2, -0.15) is 0 Å². The number of methoxy groups -OCH3 is 1. The third-order valence-electron chi connectivity index (χ3n) is 2.55. The van der Waals surface area contributed by atoms with Crippen molar-refractivity contribution in [2.75, 3.05) is 13.7 Å². The molecule has 2 aliphatic heterocycles. The summed E-state index contributed by atoms with van der Waals surface area (Å²) < 4.78 is 20.4. The van der Waals surface area contributed by atoms with Crippen LogP contribution >= 0.6 is 0 Å². The molecule has 3 unspecified atom stereocenters. The minimum Gasteiger partial charge on any atom is -0.463 e. The fraction of sp³-hybridized carbons (Fsp3) is 0.778. The number of ether oxygens (including phenoxy) is 4. The van der Waals surface area contributed by atoms with Crippen LogP contribution in [0.25, 0.3) is 0 Å². The van der Waals surface area contributed by atoms with Gasteiger partial charge in [0.2, 0.25) is 0 Å². The van der Waals surface area contributed by atoms with Crippen molar-refractivity contribution in [3.05, 3.63) is 12.5 Å². The Kier molecular flexibility index (Phi) is 2.83. The van der Waals surface area contributed by atoms with Crippen LogP contribution in [0.1, 0.15) is 0 Å². The molecule has 0 aromatic carbocycles. The van der Waals surface area contributed by atoms with Gasteiger partial charge in [0.15, 0.2) is 12.4 Å². The number of aliphatic hydroxyl groups is 2. The number of hydrogen-bond donors (Lipinski definition) is 2. The van der Waals surface area contributed by atoms with Crippen molar-refractivity contribution in [1.82, 2.24) is 0 Å². The summed E-state index contributed by atoms with van der Waals surface area (Å²) in [5, 5.41) is 19.4. The number of hydrogen-bond acceptors (Lipinski definition) is 6. The van der Waals surface area contributed by atoms with Crippen molar-refractivity contribution in [2.24, 2.45) is 0 Å². The highest BCUT2D eigenvalue weighted by molar-refractivity contribution is 4.95. The first-order valence-electron chi connectivity index (χ1n) is 4.66. The Balaban J connectivity index is 2.11. The van der Waals surface area contributed by atoms with E-state index in [9.17, 15) is 10.2 Å². The van der Waals surface area contributed by atoms with E-state index in [1.807, 2.05) is 0 Å². The Hall–Kier alpha value is -0.820. The number of rotatable bonds is 1. The summed E-state index contributed by atoms with van der Waals surface area (Å²) in [6, 6.07) is 0. The number of fused-ring (bicyclic) bond motifs is 1. The second-order valence-electron chi connectivity index (χ2n) is 3.53. The van der Waals surface area contributed by atoms with Gasteiger partial charge in [-0.15, -0.1) is 0 Å². The average molecular weight is 218 g/mol. The Bertz CT molecular complexity index is 253.